The Balaban J connectivity index is 3.08. The predicted molar refractivity (Wildman–Crippen MR) is 50.1 cm³/mol. The van der Waals surface area contributed by atoms with Crippen LogP contribution in [0.2, 0.25) is 0 Å². The summed E-state index contributed by atoms with van der Waals surface area (Å²) in [6, 6.07) is 2.91. The fraction of sp³-hybridized carbons (Fsp3) is 0.182. The van der Waals surface area contributed by atoms with E-state index in [1.54, 1.807) is 13.8 Å². The highest BCUT2D eigenvalue weighted by Crippen LogP contribution is 2.11. The second-order valence-electron chi connectivity index (χ2n) is 3.21. The van der Waals surface area contributed by atoms with E-state index in [2.05, 4.69) is 0 Å². The van der Waals surface area contributed by atoms with Gasteiger partial charge in [-0.3, -0.25) is 4.79 Å². The Morgan fingerprint density at radius 2 is 1.93 bits per heavy atom. The van der Waals surface area contributed by atoms with Gasteiger partial charge in [-0.2, -0.15) is 0 Å². The van der Waals surface area contributed by atoms with E-state index in [9.17, 15) is 13.6 Å². The Bertz CT molecular complexity index is 390. The van der Waals surface area contributed by atoms with Crippen molar-refractivity contribution in [3.63, 3.8) is 0 Å². The molecular formula is C11H10F2O. The Hall–Kier alpha value is -1.51. The van der Waals surface area contributed by atoms with E-state index < -0.39 is 17.4 Å². The maximum atomic E-state index is 13.1. The lowest BCUT2D eigenvalue weighted by Gasteiger charge is -1.98. The summed E-state index contributed by atoms with van der Waals surface area (Å²) in [7, 11) is 0. The number of carbonyl (C=O) groups excluding carboxylic acids is 1. The summed E-state index contributed by atoms with van der Waals surface area (Å²) in [5, 5.41) is 0. The highest BCUT2D eigenvalue weighted by molar-refractivity contribution is 6.05. The van der Waals surface area contributed by atoms with Crippen molar-refractivity contribution in [2.75, 3.05) is 0 Å². The topological polar surface area (TPSA) is 17.1 Å². The Kier molecular flexibility index (Phi) is 3.12. The number of halogens is 2. The molecule has 0 spiro atoms. The molecule has 0 bridgehead atoms. The van der Waals surface area contributed by atoms with Crippen LogP contribution in [0.1, 0.15) is 24.2 Å². The molecule has 0 saturated carbocycles. The number of hydrogen-bond donors (Lipinski definition) is 0. The molecule has 1 aromatic carbocycles. The molecule has 1 rings (SSSR count). The van der Waals surface area contributed by atoms with Crippen molar-refractivity contribution in [1.82, 2.24) is 0 Å². The molecule has 1 aromatic rings. The summed E-state index contributed by atoms with van der Waals surface area (Å²) in [5.74, 6) is -1.95. The van der Waals surface area contributed by atoms with Gasteiger partial charge in [0.05, 0.1) is 5.56 Å². The molecule has 0 amide bonds. The van der Waals surface area contributed by atoms with Crippen LogP contribution in [-0.4, -0.2) is 5.78 Å². The molecule has 0 N–H and O–H groups in total. The number of benzene rings is 1. The largest absolute Gasteiger partial charge is 0.289 e. The predicted octanol–water partition coefficient (Wildman–Crippen LogP) is 3.11. The van der Waals surface area contributed by atoms with Crippen LogP contribution < -0.4 is 0 Å². The molecule has 0 aliphatic carbocycles. The standard InChI is InChI=1S/C11H10F2O/c1-7(2)5-11(14)9-4-3-8(12)6-10(9)13/h3-6H,1-2H3. The quantitative estimate of drug-likeness (QED) is 0.524. The van der Waals surface area contributed by atoms with Crippen LogP contribution in [-0.2, 0) is 0 Å². The molecule has 74 valence electrons. The molecule has 0 aromatic heterocycles. The fourth-order valence-corrected chi connectivity index (χ4v) is 1.03. The van der Waals surface area contributed by atoms with Crippen molar-refractivity contribution in [3.8, 4) is 0 Å². The van der Waals surface area contributed by atoms with Gasteiger partial charge in [-0.25, -0.2) is 8.78 Å². The van der Waals surface area contributed by atoms with Crippen LogP contribution in [0, 0.1) is 11.6 Å². The van der Waals surface area contributed by atoms with Gasteiger partial charge >= 0.3 is 0 Å². The summed E-state index contributed by atoms with van der Waals surface area (Å²) >= 11 is 0. The van der Waals surface area contributed by atoms with Gasteiger partial charge in [-0.15, -0.1) is 0 Å². The molecule has 0 unspecified atom stereocenters. The Morgan fingerprint density at radius 3 is 2.43 bits per heavy atom. The molecule has 1 nitrogen and oxygen atoms in total. The molecular weight excluding hydrogens is 186 g/mol. The summed E-state index contributed by atoms with van der Waals surface area (Å²) < 4.78 is 25.6. The highest BCUT2D eigenvalue weighted by Gasteiger charge is 2.09. The van der Waals surface area contributed by atoms with Crippen molar-refractivity contribution in [1.29, 1.82) is 0 Å². The zero-order valence-corrected chi connectivity index (χ0v) is 7.97. The first-order valence-corrected chi connectivity index (χ1v) is 4.15. The average molecular weight is 196 g/mol. The van der Waals surface area contributed by atoms with Crippen molar-refractivity contribution < 1.29 is 13.6 Å². The molecule has 3 heteroatoms. The van der Waals surface area contributed by atoms with Crippen LogP contribution in [0.4, 0.5) is 8.78 Å². The van der Waals surface area contributed by atoms with Gasteiger partial charge in [0.1, 0.15) is 11.6 Å². The minimum absolute atomic E-state index is 0.104. The van der Waals surface area contributed by atoms with E-state index in [1.165, 1.54) is 6.08 Å². The molecule has 14 heavy (non-hydrogen) atoms. The van der Waals surface area contributed by atoms with Gasteiger partial charge in [0, 0.05) is 6.07 Å². The SMILES string of the molecule is CC(C)=CC(=O)c1ccc(F)cc1F. The van der Waals surface area contributed by atoms with Crippen LogP contribution >= 0.6 is 0 Å². The summed E-state index contributed by atoms with van der Waals surface area (Å²) in [6.45, 7) is 3.47. The van der Waals surface area contributed by atoms with Gasteiger partial charge < -0.3 is 0 Å². The second-order valence-corrected chi connectivity index (χ2v) is 3.21. The van der Waals surface area contributed by atoms with E-state index in [4.69, 9.17) is 0 Å². The minimum atomic E-state index is -0.826. The first kappa shape index (κ1) is 10.6. The van der Waals surface area contributed by atoms with Gasteiger partial charge in [-0.05, 0) is 32.1 Å². The molecule has 0 heterocycles. The van der Waals surface area contributed by atoms with E-state index >= 15 is 0 Å². The second kappa shape index (κ2) is 4.13. The zero-order chi connectivity index (χ0) is 10.7. The Morgan fingerprint density at radius 1 is 1.29 bits per heavy atom. The maximum Gasteiger partial charge on any atom is 0.188 e. The minimum Gasteiger partial charge on any atom is -0.289 e. The first-order chi connectivity index (χ1) is 6.50. The monoisotopic (exact) mass is 196 g/mol. The van der Waals surface area contributed by atoms with Gasteiger partial charge in [0.25, 0.3) is 0 Å². The molecule has 0 fully saturated rings. The zero-order valence-electron chi connectivity index (χ0n) is 7.97. The van der Waals surface area contributed by atoms with Gasteiger partial charge in [-0.1, -0.05) is 5.57 Å². The number of allylic oxidation sites excluding steroid dienone is 2. The third-order valence-electron chi connectivity index (χ3n) is 1.62. The summed E-state index contributed by atoms with van der Waals surface area (Å²) in [6.07, 6.45) is 1.32. The van der Waals surface area contributed by atoms with Crippen LogP contribution in [0.25, 0.3) is 0 Å². The molecule has 0 atom stereocenters. The average Bonchev–Trinajstić information content (AvgIpc) is 2.01. The van der Waals surface area contributed by atoms with E-state index in [0.717, 1.165) is 17.7 Å². The van der Waals surface area contributed by atoms with Gasteiger partial charge in [0.15, 0.2) is 5.78 Å². The lowest BCUT2D eigenvalue weighted by Crippen LogP contribution is -1.99. The molecule has 0 radical (unpaired) electrons. The number of ketones is 1. The number of hydrogen-bond acceptors (Lipinski definition) is 1. The van der Waals surface area contributed by atoms with E-state index in [0.29, 0.717) is 6.07 Å². The first-order valence-electron chi connectivity index (χ1n) is 4.15. The lowest BCUT2D eigenvalue weighted by molar-refractivity contribution is 0.104. The van der Waals surface area contributed by atoms with Crippen molar-refractivity contribution >= 4 is 5.78 Å². The van der Waals surface area contributed by atoms with E-state index in [1.807, 2.05) is 0 Å². The summed E-state index contributed by atoms with van der Waals surface area (Å²) in [5.41, 5.74) is 0.673. The van der Waals surface area contributed by atoms with Crippen molar-refractivity contribution in [3.05, 3.63) is 47.0 Å². The normalized spacial score (nSPS) is 9.71. The molecule has 0 aliphatic heterocycles. The van der Waals surface area contributed by atoms with Crippen LogP contribution in [0.3, 0.4) is 0 Å². The number of rotatable bonds is 2. The van der Waals surface area contributed by atoms with Crippen molar-refractivity contribution in [2.24, 2.45) is 0 Å². The fourth-order valence-electron chi connectivity index (χ4n) is 1.03. The lowest BCUT2D eigenvalue weighted by atomic mass is 10.1. The van der Waals surface area contributed by atoms with Crippen LogP contribution in [0.5, 0.6) is 0 Å². The number of carbonyl (C=O) groups is 1. The third kappa shape index (κ3) is 2.49. The van der Waals surface area contributed by atoms with E-state index in [-0.39, 0.29) is 5.56 Å². The molecule has 0 aliphatic rings. The Labute approximate surface area is 81.1 Å². The maximum absolute atomic E-state index is 13.1. The highest BCUT2D eigenvalue weighted by atomic mass is 19.1. The molecule has 0 saturated heterocycles. The van der Waals surface area contributed by atoms with Crippen molar-refractivity contribution in [2.45, 2.75) is 13.8 Å². The smallest absolute Gasteiger partial charge is 0.188 e. The summed E-state index contributed by atoms with van der Waals surface area (Å²) in [4.78, 5) is 11.3. The van der Waals surface area contributed by atoms with Crippen LogP contribution in [0.15, 0.2) is 29.8 Å². The van der Waals surface area contributed by atoms with Gasteiger partial charge in [0.2, 0.25) is 0 Å². The third-order valence-corrected chi connectivity index (χ3v) is 1.62.